The minimum Gasteiger partial charge on any atom is -0.452 e. The summed E-state index contributed by atoms with van der Waals surface area (Å²) in [5.41, 5.74) is 1.10. The summed E-state index contributed by atoms with van der Waals surface area (Å²) in [6.07, 6.45) is -0.586. The van der Waals surface area contributed by atoms with Gasteiger partial charge in [-0.2, -0.15) is 0 Å². The fourth-order valence-corrected chi connectivity index (χ4v) is 2.43. The Bertz CT molecular complexity index is 842. The molecule has 0 aliphatic heterocycles. The van der Waals surface area contributed by atoms with Crippen molar-refractivity contribution >= 4 is 23.7 Å². The second-order valence-electron chi connectivity index (χ2n) is 7.48. The fourth-order valence-electron chi connectivity index (χ4n) is 2.43. The molecule has 0 saturated carbocycles. The van der Waals surface area contributed by atoms with Crippen LogP contribution in [0.15, 0.2) is 54.6 Å². The van der Waals surface area contributed by atoms with Gasteiger partial charge in [0.25, 0.3) is 5.91 Å². The molecule has 0 spiro atoms. The molecule has 0 radical (unpaired) electrons. The van der Waals surface area contributed by atoms with Crippen LogP contribution in [0.4, 0.5) is 10.5 Å². The first kappa shape index (κ1) is 21.9. The van der Waals surface area contributed by atoms with Crippen LogP contribution in [-0.2, 0) is 14.3 Å². The molecule has 1 atom stereocenters. The number of hydrogen-bond acceptors (Lipinski definition) is 5. The maximum Gasteiger partial charge on any atom is 0.412 e. The van der Waals surface area contributed by atoms with Gasteiger partial charge in [0.1, 0.15) is 5.60 Å². The van der Waals surface area contributed by atoms with Crippen LogP contribution in [-0.4, -0.2) is 30.2 Å². The van der Waals surface area contributed by atoms with Gasteiger partial charge in [-0.15, -0.1) is 0 Å². The second-order valence-corrected chi connectivity index (χ2v) is 7.48. The Morgan fingerprint density at radius 1 is 0.966 bits per heavy atom. The van der Waals surface area contributed by atoms with Gasteiger partial charge in [-0.1, -0.05) is 30.3 Å². The van der Waals surface area contributed by atoms with E-state index in [2.05, 4.69) is 10.6 Å². The smallest absolute Gasteiger partial charge is 0.412 e. The maximum absolute atomic E-state index is 12.1. The third-order valence-corrected chi connectivity index (χ3v) is 3.78. The number of carbonyl (C=O) groups is 3. The molecule has 0 aliphatic carbocycles. The van der Waals surface area contributed by atoms with E-state index in [9.17, 15) is 14.4 Å². The van der Waals surface area contributed by atoms with Crippen LogP contribution >= 0.6 is 0 Å². The first-order valence-electron chi connectivity index (χ1n) is 9.25. The summed E-state index contributed by atoms with van der Waals surface area (Å²) in [6.45, 7) is 6.77. The minimum atomic E-state index is -0.628. The minimum absolute atomic E-state index is 0.194. The Morgan fingerprint density at radius 3 is 2.17 bits per heavy atom. The van der Waals surface area contributed by atoms with Crippen molar-refractivity contribution in [1.29, 1.82) is 0 Å². The Hall–Kier alpha value is -3.35. The number of rotatable bonds is 6. The van der Waals surface area contributed by atoms with Gasteiger partial charge in [0, 0.05) is 5.69 Å². The van der Waals surface area contributed by atoms with Crippen LogP contribution < -0.4 is 10.6 Å². The number of amides is 2. The fraction of sp³-hybridized carbons (Fsp3) is 0.318. The number of benzene rings is 2. The number of nitrogens with one attached hydrogen (secondary N) is 2. The van der Waals surface area contributed by atoms with Gasteiger partial charge in [0.05, 0.1) is 11.6 Å². The summed E-state index contributed by atoms with van der Waals surface area (Å²) < 4.78 is 10.2. The molecule has 0 unspecified atom stereocenters. The van der Waals surface area contributed by atoms with Crippen molar-refractivity contribution in [3.63, 3.8) is 0 Å². The van der Waals surface area contributed by atoms with E-state index in [0.717, 1.165) is 5.56 Å². The normalized spacial score (nSPS) is 11.9. The van der Waals surface area contributed by atoms with Gasteiger partial charge >= 0.3 is 12.1 Å². The molecule has 2 aromatic carbocycles. The number of carbonyl (C=O) groups excluding carboxylic acids is 3. The quantitative estimate of drug-likeness (QED) is 0.716. The lowest BCUT2D eigenvalue weighted by molar-refractivity contribution is -0.124. The van der Waals surface area contributed by atoms with Crippen LogP contribution in [0.5, 0.6) is 0 Å². The van der Waals surface area contributed by atoms with E-state index in [1.807, 2.05) is 37.3 Å². The Labute approximate surface area is 170 Å². The molecule has 2 N–H and O–H groups in total. The molecule has 0 bridgehead atoms. The van der Waals surface area contributed by atoms with Gasteiger partial charge < -0.3 is 14.8 Å². The van der Waals surface area contributed by atoms with E-state index >= 15 is 0 Å². The number of anilines is 1. The molecule has 2 rings (SSSR count). The van der Waals surface area contributed by atoms with Gasteiger partial charge in [-0.3, -0.25) is 10.1 Å². The molecule has 0 fully saturated rings. The predicted octanol–water partition coefficient (Wildman–Crippen LogP) is 4.07. The second kappa shape index (κ2) is 9.73. The zero-order valence-electron chi connectivity index (χ0n) is 17.0. The van der Waals surface area contributed by atoms with Crippen LogP contribution in [0.25, 0.3) is 0 Å². The monoisotopic (exact) mass is 398 g/mol. The molecule has 29 heavy (non-hydrogen) atoms. The first-order valence-corrected chi connectivity index (χ1v) is 9.25. The summed E-state index contributed by atoms with van der Waals surface area (Å²) in [7, 11) is 0. The van der Waals surface area contributed by atoms with Crippen LogP contribution in [0.3, 0.4) is 0 Å². The summed E-state index contributed by atoms with van der Waals surface area (Å²) in [5, 5.41) is 5.35. The van der Waals surface area contributed by atoms with E-state index in [0.29, 0.717) is 5.69 Å². The van der Waals surface area contributed by atoms with E-state index in [1.165, 1.54) is 12.1 Å². The number of hydrogen-bond donors (Lipinski definition) is 2. The molecule has 0 saturated heterocycles. The summed E-state index contributed by atoms with van der Waals surface area (Å²) >= 11 is 0. The Morgan fingerprint density at radius 2 is 1.59 bits per heavy atom. The highest BCUT2D eigenvalue weighted by atomic mass is 16.6. The van der Waals surface area contributed by atoms with Crippen LogP contribution in [0, 0.1) is 0 Å². The van der Waals surface area contributed by atoms with E-state index < -0.39 is 23.6 Å². The molecule has 0 heterocycles. The van der Waals surface area contributed by atoms with Crippen molar-refractivity contribution in [2.75, 3.05) is 11.9 Å². The molecule has 0 aliphatic rings. The van der Waals surface area contributed by atoms with Gasteiger partial charge in [0.15, 0.2) is 6.61 Å². The average molecular weight is 398 g/mol. The largest absolute Gasteiger partial charge is 0.452 e. The van der Waals surface area contributed by atoms with E-state index in [-0.39, 0.29) is 18.2 Å². The number of esters is 1. The predicted molar refractivity (Wildman–Crippen MR) is 110 cm³/mol. The first-order chi connectivity index (χ1) is 13.6. The highest BCUT2D eigenvalue weighted by Gasteiger charge is 2.17. The van der Waals surface area contributed by atoms with Crippen LogP contribution in [0.2, 0.25) is 0 Å². The summed E-state index contributed by atoms with van der Waals surface area (Å²) in [5.74, 6) is -1.02. The van der Waals surface area contributed by atoms with Crippen molar-refractivity contribution in [3.05, 3.63) is 65.7 Å². The topological polar surface area (TPSA) is 93.7 Å². The summed E-state index contributed by atoms with van der Waals surface area (Å²) in [4.78, 5) is 35.9. The third-order valence-electron chi connectivity index (χ3n) is 3.78. The lowest BCUT2D eigenvalue weighted by Crippen LogP contribution is -2.31. The number of ether oxygens (including phenoxy) is 2. The Kier molecular flexibility index (Phi) is 7.36. The molecule has 2 amide bonds. The zero-order valence-corrected chi connectivity index (χ0v) is 17.0. The van der Waals surface area contributed by atoms with Crippen molar-refractivity contribution in [2.24, 2.45) is 0 Å². The lowest BCUT2D eigenvalue weighted by Gasteiger charge is -2.19. The highest BCUT2D eigenvalue weighted by Crippen LogP contribution is 2.14. The van der Waals surface area contributed by atoms with Crippen LogP contribution in [0.1, 0.15) is 49.7 Å². The van der Waals surface area contributed by atoms with Gasteiger partial charge in [-0.05, 0) is 57.5 Å². The maximum atomic E-state index is 12.1. The highest BCUT2D eigenvalue weighted by molar-refractivity contribution is 5.92. The molecule has 7 heteroatoms. The molecular weight excluding hydrogens is 372 g/mol. The third kappa shape index (κ3) is 7.65. The molecule has 7 nitrogen and oxygen atoms in total. The van der Waals surface area contributed by atoms with Crippen molar-refractivity contribution in [1.82, 2.24) is 5.32 Å². The lowest BCUT2D eigenvalue weighted by atomic mass is 10.1. The average Bonchev–Trinajstić information content (AvgIpc) is 2.66. The Balaban J connectivity index is 1.81. The molecule has 2 aromatic rings. The van der Waals surface area contributed by atoms with Crippen molar-refractivity contribution < 1.29 is 23.9 Å². The molecular formula is C22H26N2O5. The molecule has 154 valence electrons. The van der Waals surface area contributed by atoms with Crippen molar-refractivity contribution in [2.45, 2.75) is 39.3 Å². The van der Waals surface area contributed by atoms with E-state index in [1.54, 1.807) is 32.9 Å². The molecule has 0 aromatic heterocycles. The van der Waals surface area contributed by atoms with Gasteiger partial charge in [0.2, 0.25) is 0 Å². The SMILES string of the molecule is C[C@H](NC(=O)COC(=O)c1ccc(NC(=O)OC(C)(C)C)cc1)c1ccccc1. The van der Waals surface area contributed by atoms with Gasteiger partial charge in [-0.25, -0.2) is 9.59 Å². The van der Waals surface area contributed by atoms with Crippen molar-refractivity contribution in [3.8, 4) is 0 Å². The zero-order chi connectivity index (χ0) is 21.4. The summed E-state index contributed by atoms with van der Waals surface area (Å²) in [6, 6.07) is 15.4. The van der Waals surface area contributed by atoms with E-state index in [4.69, 9.17) is 9.47 Å². The standard InChI is InChI=1S/C22H26N2O5/c1-15(16-8-6-5-7-9-16)23-19(25)14-28-20(26)17-10-12-18(13-11-17)24-21(27)29-22(2,3)4/h5-13,15H,14H2,1-4H3,(H,23,25)(H,24,27)/t15-/m0/s1.